The highest BCUT2D eigenvalue weighted by Gasteiger charge is 2.31. The van der Waals surface area contributed by atoms with E-state index in [9.17, 15) is 26.0 Å². The molecule has 1 rings (SSSR count). The van der Waals surface area contributed by atoms with Crippen molar-refractivity contribution in [2.24, 2.45) is 0 Å². The minimum absolute atomic E-state index is 0.301. The highest BCUT2D eigenvalue weighted by Crippen LogP contribution is 2.18. The van der Waals surface area contributed by atoms with Gasteiger partial charge in [-0.25, -0.2) is 17.5 Å². The zero-order valence-electron chi connectivity index (χ0n) is 11.3. The van der Waals surface area contributed by atoms with Crippen molar-refractivity contribution in [1.82, 2.24) is 10.0 Å². The van der Waals surface area contributed by atoms with Crippen LogP contribution in [-0.4, -0.2) is 27.7 Å². The smallest absolute Gasteiger partial charge is 0.313 e. The first-order valence-corrected chi connectivity index (χ1v) is 7.69. The molecule has 0 atom stereocenters. The van der Waals surface area contributed by atoms with E-state index in [1.54, 1.807) is 0 Å². The fourth-order valence-corrected chi connectivity index (χ4v) is 2.67. The van der Waals surface area contributed by atoms with Gasteiger partial charge in [-0.15, -0.1) is 0 Å². The van der Waals surface area contributed by atoms with E-state index < -0.39 is 33.5 Å². The topological polar surface area (TPSA) is 58.2 Å². The van der Waals surface area contributed by atoms with Gasteiger partial charge in [-0.3, -0.25) is 0 Å². The lowest BCUT2D eigenvalue weighted by Gasteiger charge is -2.11. The number of sulfonamides is 1. The zero-order chi connectivity index (χ0) is 16.1. The van der Waals surface area contributed by atoms with Crippen molar-refractivity contribution >= 4 is 10.0 Å². The number of alkyl halides is 3. The van der Waals surface area contributed by atoms with Crippen molar-refractivity contribution in [2.45, 2.75) is 31.0 Å². The maximum absolute atomic E-state index is 13.6. The number of halogens is 4. The Hall–Kier alpha value is -1.19. The molecule has 0 aliphatic carbocycles. The van der Waals surface area contributed by atoms with Crippen molar-refractivity contribution < 1.29 is 26.0 Å². The summed E-state index contributed by atoms with van der Waals surface area (Å²) in [7, 11) is -4.55. The highest BCUT2D eigenvalue weighted by atomic mass is 32.2. The maximum Gasteiger partial charge on any atom is 0.402 e. The third-order valence-electron chi connectivity index (χ3n) is 2.50. The Morgan fingerprint density at radius 3 is 2.48 bits per heavy atom. The summed E-state index contributed by atoms with van der Waals surface area (Å²) in [6.45, 7) is 1.18. The Labute approximate surface area is 120 Å². The fourth-order valence-electron chi connectivity index (χ4n) is 1.53. The van der Waals surface area contributed by atoms with E-state index in [1.165, 1.54) is 10.8 Å². The summed E-state index contributed by atoms with van der Waals surface area (Å²) >= 11 is 0. The van der Waals surface area contributed by atoms with Crippen molar-refractivity contribution in [3.05, 3.63) is 29.6 Å². The number of nitrogens with one attached hydrogen (secondary N) is 2. The molecule has 2 N–H and O–H groups in total. The lowest BCUT2D eigenvalue weighted by atomic mass is 10.2. The molecule has 0 radical (unpaired) electrons. The molecule has 0 unspecified atom stereocenters. The summed E-state index contributed by atoms with van der Waals surface area (Å²) in [4.78, 5) is -0.789. The first kappa shape index (κ1) is 17.9. The van der Waals surface area contributed by atoms with Crippen molar-refractivity contribution in [2.75, 3.05) is 13.1 Å². The highest BCUT2D eigenvalue weighted by molar-refractivity contribution is 7.89. The van der Waals surface area contributed by atoms with Gasteiger partial charge >= 0.3 is 6.18 Å². The van der Waals surface area contributed by atoms with Crippen molar-refractivity contribution in [1.29, 1.82) is 0 Å². The molecule has 0 fully saturated rings. The normalized spacial score (nSPS) is 12.6. The molecule has 1 aromatic rings. The third kappa shape index (κ3) is 5.98. The SMILES string of the molecule is CCCNCc1ccc(F)c(S(=O)(=O)NCC(F)(F)F)c1. The molecule has 0 aliphatic heterocycles. The molecule has 0 bridgehead atoms. The molecule has 0 saturated carbocycles. The minimum Gasteiger partial charge on any atom is -0.313 e. The molecule has 0 aliphatic rings. The molecule has 0 heterocycles. The summed E-state index contributed by atoms with van der Waals surface area (Å²) in [6.07, 6.45) is -3.84. The van der Waals surface area contributed by atoms with Crippen LogP contribution >= 0.6 is 0 Å². The van der Waals surface area contributed by atoms with Crippen LogP contribution in [0.2, 0.25) is 0 Å². The van der Waals surface area contributed by atoms with E-state index in [-0.39, 0.29) is 0 Å². The van der Waals surface area contributed by atoms with Crippen LogP contribution in [0.15, 0.2) is 23.1 Å². The van der Waals surface area contributed by atoms with E-state index in [1.807, 2.05) is 6.92 Å². The van der Waals surface area contributed by atoms with Gasteiger partial charge in [-0.05, 0) is 30.7 Å². The average Bonchev–Trinajstić information content (AvgIpc) is 2.38. The van der Waals surface area contributed by atoms with E-state index in [2.05, 4.69) is 5.32 Å². The van der Waals surface area contributed by atoms with Crippen LogP contribution in [0.5, 0.6) is 0 Å². The Morgan fingerprint density at radius 2 is 1.90 bits per heavy atom. The predicted octanol–water partition coefficient (Wildman–Crippen LogP) is 2.17. The molecular formula is C12H16F4N2O2S. The summed E-state index contributed by atoms with van der Waals surface area (Å²) in [5.41, 5.74) is 0.470. The van der Waals surface area contributed by atoms with Gasteiger partial charge in [-0.2, -0.15) is 13.2 Å². The van der Waals surface area contributed by atoms with Crippen LogP contribution < -0.4 is 10.0 Å². The Kier molecular flexibility index (Phi) is 6.11. The van der Waals surface area contributed by atoms with Crippen LogP contribution in [0.4, 0.5) is 17.6 Å². The van der Waals surface area contributed by atoms with Gasteiger partial charge < -0.3 is 5.32 Å². The standard InChI is InChI=1S/C12H16F4N2O2S/c1-2-5-17-7-9-3-4-10(13)11(6-9)21(19,20)18-8-12(14,15)16/h3-4,6,17-18H,2,5,7-8H2,1H3. The first-order valence-electron chi connectivity index (χ1n) is 6.21. The van der Waals surface area contributed by atoms with Crippen LogP contribution in [0.25, 0.3) is 0 Å². The molecule has 21 heavy (non-hydrogen) atoms. The van der Waals surface area contributed by atoms with Crippen molar-refractivity contribution in [3.8, 4) is 0 Å². The van der Waals surface area contributed by atoms with Gasteiger partial charge in [0.1, 0.15) is 17.3 Å². The van der Waals surface area contributed by atoms with E-state index in [0.29, 0.717) is 18.7 Å². The monoisotopic (exact) mass is 328 g/mol. The lowest BCUT2D eigenvalue weighted by Crippen LogP contribution is -2.34. The number of hydrogen-bond acceptors (Lipinski definition) is 3. The quantitative estimate of drug-likeness (QED) is 0.596. The number of benzene rings is 1. The molecule has 0 aromatic heterocycles. The van der Waals surface area contributed by atoms with Crippen LogP contribution in [0.1, 0.15) is 18.9 Å². The van der Waals surface area contributed by atoms with Gasteiger partial charge in [0.25, 0.3) is 0 Å². The van der Waals surface area contributed by atoms with Crippen molar-refractivity contribution in [3.63, 3.8) is 0 Å². The van der Waals surface area contributed by atoms with Crippen LogP contribution in [-0.2, 0) is 16.6 Å². The van der Waals surface area contributed by atoms with Gasteiger partial charge in [-0.1, -0.05) is 13.0 Å². The van der Waals surface area contributed by atoms with E-state index in [4.69, 9.17) is 0 Å². The first-order chi connectivity index (χ1) is 9.65. The molecule has 0 spiro atoms. The molecule has 0 amide bonds. The fraction of sp³-hybridized carbons (Fsp3) is 0.500. The average molecular weight is 328 g/mol. The zero-order valence-corrected chi connectivity index (χ0v) is 12.1. The van der Waals surface area contributed by atoms with Gasteiger partial charge in [0.15, 0.2) is 0 Å². The van der Waals surface area contributed by atoms with Gasteiger partial charge in [0.2, 0.25) is 10.0 Å². The predicted molar refractivity (Wildman–Crippen MR) is 69.6 cm³/mol. The van der Waals surface area contributed by atoms with Crippen LogP contribution in [0.3, 0.4) is 0 Å². The minimum atomic E-state index is -4.70. The van der Waals surface area contributed by atoms with Gasteiger partial charge in [0.05, 0.1) is 0 Å². The second kappa shape index (κ2) is 7.19. The van der Waals surface area contributed by atoms with Gasteiger partial charge in [0, 0.05) is 6.54 Å². The molecule has 4 nitrogen and oxygen atoms in total. The number of rotatable bonds is 7. The summed E-state index contributed by atoms with van der Waals surface area (Å²) in [5.74, 6) is -1.09. The number of hydrogen-bond donors (Lipinski definition) is 2. The molecule has 9 heteroatoms. The lowest BCUT2D eigenvalue weighted by molar-refractivity contribution is -0.121. The third-order valence-corrected chi connectivity index (χ3v) is 3.92. The molecular weight excluding hydrogens is 312 g/mol. The Bertz CT molecular complexity index is 573. The summed E-state index contributed by atoms with van der Waals surface area (Å²) < 4.78 is 74.5. The maximum atomic E-state index is 13.6. The largest absolute Gasteiger partial charge is 0.402 e. The van der Waals surface area contributed by atoms with Crippen LogP contribution in [0, 0.1) is 5.82 Å². The van der Waals surface area contributed by atoms with E-state index in [0.717, 1.165) is 18.6 Å². The Balaban J connectivity index is 2.92. The molecule has 1 aromatic carbocycles. The molecule has 120 valence electrons. The second-order valence-electron chi connectivity index (χ2n) is 4.38. The van der Waals surface area contributed by atoms with E-state index >= 15 is 0 Å². The Morgan fingerprint density at radius 1 is 1.24 bits per heavy atom. The molecule has 0 saturated heterocycles. The summed E-state index contributed by atoms with van der Waals surface area (Å²) in [6, 6.07) is 3.32. The second-order valence-corrected chi connectivity index (χ2v) is 6.12. The summed E-state index contributed by atoms with van der Waals surface area (Å²) in [5, 5.41) is 2.99.